The zero-order valence-corrected chi connectivity index (χ0v) is 22.2. The molecule has 4 rings (SSSR count). The van der Waals surface area contributed by atoms with Gasteiger partial charge in [0.1, 0.15) is 0 Å². The smallest absolute Gasteiger partial charge is 0.394 e. The Hall–Kier alpha value is -4.05. The average molecular weight is 577 g/mol. The predicted octanol–water partition coefficient (Wildman–Crippen LogP) is 1.98. The van der Waals surface area contributed by atoms with Crippen molar-refractivity contribution in [3.8, 4) is 11.3 Å². The van der Waals surface area contributed by atoms with Gasteiger partial charge in [0.05, 0.1) is 49.9 Å². The molecular weight excluding hydrogens is 545 g/mol. The van der Waals surface area contributed by atoms with E-state index in [2.05, 4.69) is 25.7 Å². The highest BCUT2D eigenvalue weighted by molar-refractivity contribution is 5.96. The maximum absolute atomic E-state index is 13.8. The fraction of sp³-hybridized carbons (Fsp3) is 0.385. The topological polar surface area (TPSA) is 165 Å². The Bertz CT molecular complexity index is 1490. The first-order valence-corrected chi connectivity index (χ1v) is 12.9. The lowest BCUT2D eigenvalue weighted by Crippen LogP contribution is -2.28. The van der Waals surface area contributed by atoms with E-state index >= 15 is 0 Å². The van der Waals surface area contributed by atoms with E-state index in [1.54, 1.807) is 18.2 Å². The zero-order chi connectivity index (χ0) is 29.6. The molecule has 0 aliphatic carbocycles. The van der Waals surface area contributed by atoms with Crippen molar-refractivity contribution < 1.29 is 32.9 Å². The summed E-state index contributed by atoms with van der Waals surface area (Å²) in [6.45, 7) is 2.48. The summed E-state index contributed by atoms with van der Waals surface area (Å²) in [5.41, 5.74) is 6.25. The standard InChI is InChI=1S/C26H31F3N8O4/c1-2-16-11-17(3-4-19(16)25(40)32-7-10-41-9-5-30)34-23-24-33-12-21(37(24)8-6-31-23)20-14-36(13-18(39)15-38)35-22(20)26(27,28)29/h3-4,6,8,11-12,14,18,38-39H,2,5,7,9-10,13,15,30H2,1H3,(H,31,34)(H,32,40). The van der Waals surface area contributed by atoms with Crippen molar-refractivity contribution in [3.63, 3.8) is 0 Å². The Morgan fingerprint density at radius 3 is 2.76 bits per heavy atom. The molecule has 15 heteroatoms. The van der Waals surface area contributed by atoms with Crippen molar-refractivity contribution in [3.05, 3.63) is 59.8 Å². The summed E-state index contributed by atoms with van der Waals surface area (Å²) >= 11 is 0. The van der Waals surface area contributed by atoms with Crippen LogP contribution in [0.15, 0.2) is 43.0 Å². The van der Waals surface area contributed by atoms with Crippen LogP contribution in [0.4, 0.5) is 24.7 Å². The number of halogens is 3. The Morgan fingerprint density at radius 1 is 1.24 bits per heavy atom. The number of nitrogens with zero attached hydrogens (tertiary/aromatic N) is 5. The van der Waals surface area contributed by atoms with Gasteiger partial charge in [0.25, 0.3) is 5.91 Å². The Labute approximate surface area is 233 Å². The van der Waals surface area contributed by atoms with Crippen molar-refractivity contribution in [1.29, 1.82) is 0 Å². The van der Waals surface area contributed by atoms with Crippen LogP contribution in [-0.4, -0.2) is 79.3 Å². The number of hydrogen-bond acceptors (Lipinski definition) is 9. The van der Waals surface area contributed by atoms with Gasteiger partial charge in [0, 0.05) is 42.9 Å². The molecule has 1 atom stereocenters. The second-order valence-corrected chi connectivity index (χ2v) is 9.07. The number of rotatable bonds is 13. The molecule has 0 spiro atoms. The van der Waals surface area contributed by atoms with Crippen LogP contribution in [0.25, 0.3) is 16.9 Å². The van der Waals surface area contributed by atoms with Gasteiger partial charge in [0.2, 0.25) is 0 Å². The Kier molecular flexibility index (Phi) is 9.54. The molecule has 0 fully saturated rings. The maximum atomic E-state index is 13.8. The van der Waals surface area contributed by atoms with Crippen LogP contribution in [0, 0.1) is 0 Å². The highest BCUT2D eigenvalue weighted by Gasteiger charge is 2.38. The fourth-order valence-electron chi connectivity index (χ4n) is 4.23. The lowest BCUT2D eigenvalue weighted by atomic mass is 10.0. The molecule has 3 aromatic heterocycles. The lowest BCUT2D eigenvalue weighted by molar-refractivity contribution is -0.141. The number of imidazole rings is 1. The van der Waals surface area contributed by atoms with Gasteiger partial charge in [-0.05, 0) is 30.2 Å². The number of nitrogens with two attached hydrogens (primary N) is 1. The molecule has 6 N–H and O–H groups in total. The normalized spacial score (nSPS) is 12.6. The third-order valence-electron chi connectivity index (χ3n) is 6.13. The number of benzene rings is 1. The first-order valence-electron chi connectivity index (χ1n) is 12.9. The van der Waals surface area contributed by atoms with Crippen molar-refractivity contribution in [2.75, 3.05) is 38.2 Å². The molecule has 1 unspecified atom stereocenters. The van der Waals surface area contributed by atoms with Crippen LogP contribution in [0.1, 0.15) is 28.5 Å². The van der Waals surface area contributed by atoms with Gasteiger partial charge in [-0.3, -0.25) is 13.9 Å². The largest absolute Gasteiger partial charge is 0.435 e. The van der Waals surface area contributed by atoms with Gasteiger partial charge in [-0.25, -0.2) is 9.97 Å². The summed E-state index contributed by atoms with van der Waals surface area (Å²) in [6.07, 6.45) is -0.141. The number of carbonyl (C=O) groups is 1. The number of aryl methyl sites for hydroxylation is 1. The van der Waals surface area contributed by atoms with Crippen molar-refractivity contribution in [1.82, 2.24) is 29.5 Å². The van der Waals surface area contributed by atoms with Crippen molar-refractivity contribution >= 4 is 23.1 Å². The number of hydrogen-bond donors (Lipinski definition) is 5. The van der Waals surface area contributed by atoms with Gasteiger partial charge in [-0.2, -0.15) is 18.3 Å². The molecule has 1 aromatic carbocycles. The van der Waals surface area contributed by atoms with Gasteiger partial charge in [0.15, 0.2) is 17.2 Å². The number of anilines is 2. The summed E-state index contributed by atoms with van der Waals surface area (Å²) in [4.78, 5) is 21.3. The monoisotopic (exact) mass is 576 g/mol. The predicted molar refractivity (Wildman–Crippen MR) is 144 cm³/mol. The number of alkyl halides is 3. The lowest BCUT2D eigenvalue weighted by Gasteiger charge is -2.13. The highest BCUT2D eigenvalue weighted by atomic mass is 19.4. The minimum absolute atomic E-state index is 0.110. The van der Waals surface area contributed by atoms with Crippen LogP contribution in [-0.2, 0) is 23.9 Å². The highest BCUT2D eigenvalue weighted by Crippen LogP contribution is 2.37. The minimum Gasteiger partial charge on any atom is -0.394 e. The Balaban J connectivity index is 1.60. The number of fused-ring (bicyclic) bond motifs is 1. The van der Waals surface area contributed by atoms with E-state index in [-0.39, 0.29) is 35.2 Å². The first-order chi connectivity index (χ1) is 19.7. The van der Waals surface area contributed by atoms with E-state index in [0.29, 0.717) is 44.0 Å². The summed E-state index contributed by atoms with van der Waals surface area (Å²) in [5, 5.41) is 28.3. The Morgan fingerprint density at radius 2 is 2.05 bits per heavy atom. The van der Waals surface area contributed by atoms with E-state index in [4.69, 9.17) is 15.6 Å². The number of nitrogens with one attached hydrogen (secondary N) is 2. The molecule has 41 heavy (non-hydrogen) atoms. The summed E-state index contributed by atoms with van der Waals surface area (Å²) in [6, 6.07) is 5.18. The molecule has 0 aliphatic heterocycles. The van der Waals surface area contributed by atoms with Crippen molar-refractivity contribution in [2.24, 2.45) is 5.73 Å². The molecule has 0 saturated carbocycles. The van der Waals surface area contributed by atoms with E-state index < -0.39 is 24.6 Å². The van der Waals surface area contributed by atoms with Gasteiger partial charge < -0.3 is 31.3 Å². The quantitative estimate of drug-likeness (QED) is 0.150. The number of aliphatic hydroxyl groups is 2. The molecule has 4 aromatic rings. The van der Waals surface area contributed by atoms with Crippen LogP contribution in [0.5, 0.6) is 0 Å². The number of carbonyl (C=O) groups excluding carboxylic acids is 1. The van der Waals surface area contributed by atoms with Crippen LogP contribution < -0.4 is 16.4 Å². The number of aromatic nitrogens is 5. The van der Waals surface area contributed by atoms with E-state index in [1.165, 1.54) is 23.0 Å². The molecule has 12 nitrogen and oxygen atoms in total. The van der Waals surface area contributed by atoms with E-state index in [1.807, 2.05) is 6.92 Å². The van der Waals surface area contributed by atoms with Crippen LogP contribution in [0.3, 0.4) is 0 Å². The third kappa shape index (κ3) is 7.00. The van der Waals surface area contributed by atoms with Crippen molar-refractivity contribution in [2.45, 2.75) is 32.2 Å². The number of ether oxygens (including phenoxy) is 1. The minimum atomic E-state index is -4.77. The summed E-state index contributed by atoms with van der Waals surface area (Å²) < 4.78 is 49.2. The molecule has 0 aliphatic rings. The summed E-state index contributed by atoms with van der Waals surface area (Å²) in [7, 11) is 0. The van der Waals surface area contributed by atoms with Crippen LogP contribution >= 0.6 is 0 Å². The second-order valence-electron chi connectivity index (χ2n) is 9.07. The fourth-order valence-corrected chi connectivity index (χ4v) is 4.23. The number of aliphatic hydroxyl groups excluding tert-OH is 2. The molecule has 0 radical (unpaired) electrons. The molecule has 3 heterocycles. The maximum Gasteiger partial charge on any atom is 0.435 e. The molecular formula is C26H31F3N8O4. The van der Waals surface area contributed by atoms with E-state index in [9.17, 15) is 23.1 Å². The van der Waals surface area contributed by atoms with Gasteiger partial charge in [-0.15, -0.1) is 0 Å². The molecule has 1 amide bonds. The van der Waals surface area contributed by atoms with Gasteiger partial charge in [-0.1, -0.05) is 6.92 Å². The number of amides is 1. The third-order valence-corrected chi connectivity index (χ3v) is 6.13. The SMILES string of the molecule is CCc1cc(Nc2nccn3c(-c4cn(CC(O)CO)nc4C(F)(F)F)cnc23)ccc1C(=O)NCCOCCN. The summed E-state index contributed by atoms with van der Waals surface area (Å²) in [5.74, 6) is 0.0436. The van der Waals surface area contributed by atoms with E-state index in [0.717, 1.165) is 16.4 Å². The molecule has 0 bridgehead atoms. The zero-order valence-electron chi connectivity index (χ0n) is 22.2. The second kappa shape index (κ2) is 13.1. The van der Waals surface area contributed by atoms with Crippen LogP contribution in [0.2, 0.25) is 0 Å². The molecule has 220 valence electrons. The van der Waals surface area contributed by atoms with Gasteiger partial charge >= 0.3 is 6.18 Å². The molecule has 0 saturated heterocycles. The average Bonchev–Trinajstić information content (AvgIpc) is 3.57. The first kappa shape index (κ1) is 29.9.